The summed E-state index contributed by atoms with van der Waals surface area (Å²) in [6.07, 6.45) is 1.20. The fraction of sp³-hybridized carbons (Fsp3) is 1.00. The van der Waals surface area contributed by atoms with Gasteiger partial charge in [-0.3, -0.25) is 4.21 Å². The second kappa shape index (κ2) is 3.88. The summed E-state index contributed by atoms with van der Waals surface area (Å²) in [6.45, 7) is 8.30. The second-order valence-corrected chi connectivity index (χ2v) is 6.73. The van der Waals surface area contributed by atoms with Crippen LogP contribution in [-0.2, 0) is 10.8 Å². The van der Waals surface area contributed by atoms with E-state index in [9.17, 15) is 4.21 Å². The Labute approximate surface area is 77.6 Å². The third kappa shape index (κ3) is 2.87. The molecule has 0 aromatic rings. The molecule has 1 N–H and O–H groups in total. The number of rotatable bonds is 2. The van der Waals surface area contributed by atoms with Crippen molar-refractivity contribution in [3.8, 4) is 0 Å². The van der Waals surface area contributed by atoms with Crippen LogP contribution in [0.3, 0.4) is 0 Å². The van der Waals surface area contributed by atoms with Crippen molar-refractivity contribution in [1.29, 1.82) is 0 Å². The Kier molecular flexibility index (Phi) is 3.29. The Morgan fingerprint density at radius 1 is 1.50 bits per heavy atom. The molecule has 0 spiro atoms. The van der Waals surface area contributed by atoms with Crippen molar-refractivity contribution in [3.05, 3.63) is 0 Å². The maximum absolute atomic E-state index is 11.7. The van der Waals surface area contributed by atoms with E-state index >= 15 is 0 Å². The van der Waals surface area contributed by atoms with Gasteiger partial charge >= 0.3 is 0 Å². The molecule has 1 fully saturated rings. The molecule has 0 radical (unpaired) electrons. The highest BCUT2D eigenvalue weighted by atomic mass is 32.2. The van der Waals surface area contributed by atoms with E-state index in [0.717, 1.165) is 18.8 Å². The van der Waals surface area contributed by atoms with Crippen molar-refractivity contribution in [1.82, 2.24) is 5.32 Å². The summed E-state index contributed by atoms with van der Waals surface area (Å²) in [6, 6.07) is 0. The molecule has 72 valence electrons. The van der Waals surface area contributed by atoms with Crippen LogP contribution < -0.4 is 5.32 Å². The molecule has 2 nitrogen and oxygen atoms in total. The van der Waals surface area contributed by atoms with Gasteiger partial charge in [0.2, 0.25) is 0 Å². The lowest BCUT2D eigenvalue weighted by Crippen LogP contribution is -2.28. The van der Waals surface area contributed by atoms with Crippen LogP contribution in [0.2, 0.25) is 0 Å². The van der Waals surface area contributed by atoms with Gasteiger partial charge in [-0.2, -0.15) is 0 Å². The van der Waals surface area contributed by atoms with E-state index in [0.29, 0.717) is 5.92 Å². The van der Waals surface area contributed by atoms with Crippen LogP contribution >= 0.6 is 0 Å². The molecule has 1 saturated heterocycles. The predicted octanol–water partition coefficient (Wildman–Crippen LogP) is 1.14. The Morgan fingerprint density at radius 2 is 2.17 bits per heavy atom. The Bertz CT molecular complexity index is 168. The lowest BCUT2D eigenvalue weighted by Gasteiger charge is -2.19. The first-order chi connectivity index (χ1) is 5.50. The molecule has 0 aromatic carbocycles. The van der Waals surface area contributed by atoms with Gasteiger partial charge in [-0.1, -0.05) is 0 Å². The van der Waals surface area contributed by atoms with E-state index in [-0.39, 0.29) is 4.75 Å². The summed E-state index contributed by atoms with van der Waals surface area (Å²) in [7, 11) is -0.667. The smallest absolute Gasteiger partial charge is 0.0375 e. The number of hydrogen-bond acceptors (Lipinski definition) is 2. The summed E-state index contributed by atoms with van der Waals surface area (Å²) in [5.41, 5.74) is 0. The molecule has 0 saturated carbocycles. The summed E-state index contributed by atoms with van der Waals surface area (Å²) >= 11 is 0. The largest absolute Gasteiger partial charge is 0.316 e. The molecule has 1 aliphatic rings. The maximum Gasteiger partial charge on any atom is 0.0375 e. The van der Waals surface area contributed by atoms with Crippen LogP contribution in [0.4, 0.5) is 0 Å². The molecule has 0 aliphatic carbocycles. The van der Waals surface area contributed by atoms with Crippen molar-refractivity contribution in [3.63, 3.8) is 0 Å². The Hall–Kier alpha value is 0.110. The van der Waals surface area contributed by atoms with E-state index in [1.165, 1.54) is 6.42 Å². The molecule has 1 heterocycles. The molecule has 0 amide bonds. The first-order valence-electron chi connectivity index (χ1n) is 4.59. The van der Waals surface area contributed by atoms with Crippen LogP contribution in [-0.4, -0.2) is 27.8 Å². The lowest BCUT2D eigenvalue weighted by molar-refractivity contribution is 0.610. The minimum Gasteiger partial charge on any atom is -0.316 e. The molecular formula is C9H19NOS. The second-order valence-electron chi connectivity index (χ2n) is 4.48. The van der Waals surface area contributed by atoms with Crippen LogP contribution in [0, 0.1) is 5.92 Å². The van der Waals surface area contributed by atoms with Gasteiger partial charge in [0.1, 0.15) is 0 Å². The molecule has 12 heavy (non-hydrogen) atoms. The van der Waals surface area contributed by atoms with Crippen LogP contribution in [0.15, 0.2) is 0 Å². The zero-order valence-electron chi connectivity index (χ0n) is 8.22. The van der Waals surface area contributed by atoms with Crippen LogP contribution in [0.1, 0.15) is 27.2 Å². The van der Waals surface area contributed by atoms with E-state index in [2.05, 4.69) is 5.32 Å². The number of nitrogens with one attached hydrogen (secondary N) is 1. The average molecular weight is 189 g/mol. The molecule has 2 unspecified atom stereocenters. The van der Waals surface area contributed by atoms with Crippen LogP contribution in [0.5, 0.6) is 0 Å². The topological polar surface area (TPSA) is 29.1 Å². The molecule has 2 atom stereocenters. The van der Waals surface area contributed by atoms with Gasteiger partial charge < -0.3 is 5.32 Å². The quantitative estimate of drug-likeness (QED) is 0.706. The standard InChI is InChI=1S/C9H19NOS/c1-9(2,3)12(11)7-8-4-5-10-6-8/h8,10H,4-7H2,1-3H3. The Morgan fingerprint density at radius 3 is 2.58 bits per heavy atom. The van der Waals surface area contributed by atoms with Gasteiger partial charge in [0.15, 0.2) is 0 Å². The van der Waals surface area contributed by atoms with Crippen molar-refractivity contribution < 1.29 is 4.21 Å². The van der Waals surface area contributed by atoms with Crippen LogP contribution in [0.25, 0.3) is 0 Å². The minimum absolute atomic E-state index is 0.0391. The molecule has 0 bridgehead atoms. The highest BCUT2D eigenvalue weighted by Gasteiger charge is 2.24. The molecule has 3 heteroatoms. The highest BCUT2D eigenvalue weighted by Crippen LogP contribution is 2.17. The summed E-state index contributed by atoms with van der Waals surface area (Å²) in [4.78, 5) is 0. The summed E-state index contributed by atoms with van der Waals surface area (Å²) in [5.74, 6) is 1.52. The SMILES string of the molecule is CC(C)(C)S(=O)CC1CCNC1. The summed E-state index contributed by atoms with van der Waals surface area (Å²) in [5, 5.41) is 3.29. The van der Waals surface area contributed by atoms with Crippen molar-refractivity contribution >= 4 is 10.8 Å². The van der Waals surface area contributed by atoms with Crippen molar-refractivity contribution in [2.24, 2.45) is 5.92 Å². The fourth-order valence-corrected chi connectivity index (χ4v) is 2.53. The van der Waals surface area contributed by atoms with Gasteiger partial charge in [-0.25, -0.2) is 0 Å². The van der Waals surface area contributed by atoms with Gasteiger partial charge in [0.25, 0.3) is 0 Å². The lowest BCUT2D eigenvalue weighted by atomic mass is 10.2. The first-order valence-corrected chi connectivity index (χ1v) is 5.91. The normalized spacial score (nSPS) is 27.4. The van der Waals surface area contributed by atoms with Gasteiger partial charge in [-0.15, -0.1) is 0 Å². The molecule has 1 aliphatic heterocycles. The maximum atomic E-state index is 11.7. The number of hydrogen-bond donors (Lipinski definition) is 1. The molecular weight excluding hydrogens is 170 g/mol. The van der Waals surface area contributed by atoms with E-state index in [4.69, 9.17) is 0 Å². The third-order valence-corrected chi connectivity index (χ3v) is 4.37. The zero-order chi connectivity index (χ0) is 9.19. The zero-order valence-corrected chi connectivity index (χ0v) is 9.04. The highest BCUT2D eigenvalue weighted by molar-refractivity contribution is 7.86. The molecule has 1 rings (SSSR count). The first kappa shape index (κ1) is 10.2. The van der Waals surface area contributed by atoms with Crippen molar-refractivity contribution in [2.45, 2.75) is 31.9 Å². The monoisotopic (exact) mass is 189 g/mol. The van der Waals surface area contributed by atoms with E-state index in [1.807, 2.05) is 20.8 Å². The van der Waals surface area contributed by atoms with Gasteiger partial charge in [-0.05, 0) is 46.2 Å². The fourth-order valence-electron chi connectivity index (χ4n) is 1.32. The van der Waals surface area contributed by atoms with E-state index in [1.54, 1.807) is 0 Å². The van der Waals surface area contributed by atoms with Crippen molar-refractivity contribution in [2.75, 3.05) is 18.8 Å². The average Bonchev–Trinajstić information content (AvgIpc) is 2.37. The summed E-state index contributed by atoms with van der Waals surface area (Å²) < 4.78 is 11.7. The minimum atomic E-state index is -0.667. The Balaban J connectivity index is 2.35. The van der Waals surface area contributed by atoms with Gasteiger partial charge in [0, 0.05) is 21.3 Å². The molecule has 0 aromatic heterocycles. The predicted molar refractivity (Wildman–Crippen MR) is 53.7 cm³/mol. The van der Waals surface area contributed by atoms with E-state index < -0.39 is 10.8 Å². The third-order valence-electron chi connectivity index (χ3n) is 2.23. The van der Waals surface area contributed by atoms with Gasteiger partial charge in [0.05, 0.1) is 0 Å².